The van der Waals surface area contributed by atoms with E-state index in [1.54, 1.807) is 6.20 Å². The van der Waals surface area contributed by atoms with Gasteiger partial charge in [-0.3, -0.25) is 5.10 Å². The molecule has 0 unspecified atom stereocenters. The van der Waals surface area contributed by atoms with Gasteiger partial charge in [0.15, 0.2) is 5.65 Å². The molecule has 0 saturated carbocycles. The minimum Gasteiger partial charge on any atom is -0.260 e. The predicted octanol–water partition coefficient (Wildman–Crippen LogP) is 2.38. The van der Waals surface area contributed by atoms with Crippen molar-refractivity contribution in [3.8, 4) is 0 Å². The summed E-state index contributed by atoms with van der Waals surface area (Å²) in [6.07, 6.45) is 3.80. The zero-order chi connectivity index (χ0) is 9.26. The van der Waals surface area contributed by atoms with Crippen LogP contribution in [-0.2, 0) is 0 Å². The van der Waals surface area contributed by atoms with Crippen LogP contribution in [0.4, 0.5) is 0 Å². The zero-order valence-electron chi connectivity index (χ0n) is 7.70. The summed E-state index contributed by atoms with van der Waals surface area (Å²) >= 11 is 0. The molecule has 2 aromatic heterocycles. The second kappa shape index (κ2) is 3.01. The summed E-state index contributed by atoms with van der Waals surface area (Å²) in [5.74, 6) is 0. The smallest absolute Gasteiger partial charge is 0.155 e. The molecule has 0 aliphatic carbocycles. The van der Waals surface area contributed by atoms with Gasteiger partial charge in [0.05, 0.1) is 5.69 Å². The van der Waals surface area contributed by atoms with Crippen LogP contribution in [0.2, 0.25) is 0 Å². The van der Waals surface area contributed by atoms with Crippen molar-refractivity contribution in [2.45, 2.75) is 13.8 Å². The highest BCUT2D eigenvalue weighted by Crippen LogP contribution is 2.19. The number of aromatic nitrogens is 3. The van der Waals surface area contributed by atoms with Gasteiger partial charge in [-0.25, -0.2) is 4.98 Å². The Morgan fingerprint density at radius 3 is 3.15 bits per heavy atom. The third kappa shape index (κ3) is 1.22. The Kier molecular flexibility index (Phi) is 1.85. The molecule has 0 saturated heterocycles. The maximum absolute atomic E-state index is 4.21. The van der Waals surface area contributed by atoms with Crippen molar-refractivity contribution in [3.63, 3.8) is 0 Å². The molecule has 1 N–H and O–H groups in total. The van der Waals surface area contributed by atoms with E-state index in [9.17, 15) is 0 Å². The largest absolute Gasteiger partial charge is 0.260 e. The van der Waals surface area contributed by atoms with Crippen molar-refractivity contribution < 1.29 is 0 Å². The molecule has 0 radical (unpaired) electrons. The molecule has 2 heterocycles. The Bertz CT molecular complexity index is 454. The van der Waals surface area contributed by atoms with Crippen LogP contribution in [0.1, 0.15) is 19.5 Å². The van der Waals surface area contributed by atoms with Crippen LogP contribution in [0.15, 0.2) is 24.4 Å². The van der Waals surface area contributed by atoms with Crippen LogP contribution in [-0.4, -0.2) is 15.2 Å². The lowest BCUT2D eigenvalue weighted by atomic mass is 10.1. The van der Waals surface area contributed by atoms with Crippen LogP contribution in [0.25, 0.3) is 16.6 Å². The molecule has 66 valence electrons. The first kappa shape index (κ1) is 7.98. The molecule has 0 fully saturated rings. The fourth-order valence-electron chi connectivity index (χ4n) is 1.29. The molecule has 0 amide bonds. The second-order valence-electron chi connectivity index (χ2n) is 2.94. The van der Waals surface area contributed by atoms with E-state index in [0.29, 0.717) is 0 Å². The van der Waals surface area contributed by atoms with Gasteiger partial charge in [-0.15, -0.1) is 0 Å². The topological polar surface area (TPSA) is 41.6 Å². The second-order valence-corrected chi connectivity index (χ2v) is 2.94. The molecular formula is C10H11N3. The summed E-state index contributed by atoms with van der Waals surface area (Å²) in [5, 5.41) is 8.19. The molecule has 2 rings (SSSR count). The van der Waals surface area contributed by atoms with Crippen molar-refractivity contribution in [2.24, 2.45) is 0 Å². The van der Waals surface area contributed by atoms with Gasteiger partial charge in [-0.1, -0.05) is 6.08 Å². The zero-order valence-corrected chi connectivity index (χ0v) is 7.70. The van der Waals surface area contributed by atoms with E-state index in [-0.39, 0.29) is 0 Å². The highest BCUT2D eigenvalue weighted by atomic mass is 15.1. The maximum Gasteiger partial charge on any atom is 0.155 e. The van der Waals surface area contributed by atoms with E-state index >= 15 is 0 Å². The van der Waals surface area contributed by atoms with Gasteiger partial charge in [-0.2, -0.15) is 5.10 Å². The van der Waals surface area contributed by atoms with Crippen molar-refractivity contribution in [3.05, 3.63) is 30.1 Å². The average molecular weight is 173 g/mol. The van der Waals surface area contributed by atoms with Crippen LogP contribution < -0.4 is 0 Å². The van der Waals surface area contributed by atoms with Gasteiger partial charge in [0.1, 0.15) is 0 Å². The number of aromatic amines is 1. The van der Waals surface area contributed by atoms with Crippen LogP contribution in [0, 0.1) is 0 Å². The monoisotopic (exact) mass is 173 g/mol. The third-order valence-electron chi connectivity index (χ3n) is 2.14. The number of nitrogens with zero attached hydrogens (tertiary/aromatic N) is 2. The molecule has 0 atom stereocenters. The number of H-pyrrole nitrogens is 1. The van der Waals surface area contributed by atoms with Gasteiger partial charge in [0, 0.05) is 11.6 Å². The number of nitrogens with one attached hydrogen (secondary N) is 1. The molecule has 0 aliphatic heterocycles. The van der Waals surface area contributed by atoms with E-state index in [1.807, 2.05) is 32.1 Å². The molecular weight excluding hydrogens is 162 g/mol. The first-order valence-electron chi connectivity index (χ1n) is 4.25. The number of pyridine rings is 1. The summed E-state index contributed by atoms with van der Waals surface area (Å²) in [6, 6.07) is 3.94. The van der Waals surface area contributed by atoms with Crippen molar-refractivity contribution in [1.29, 1.82) is 0 Å². The Hall–Kier alpha value is -1.64. The lowest BCUT2D eigenvalue weighted by Gasteiger charge is -1.93. The first-order chi connectivity index (χ1) is 6.33. The minimum atomic E-state index is 0.846. The Morgan fingerprint density at radius 1 is 1.54 bits per heavy atom. The van der Waals surface area contributed by atoms with Gasteiger partial charge >= 0.3 is 0 Å². The molecule has 0 aliphatic rings. The molecule has 13 heavy (non-hydrogen) atoms. The Balaban J connectivity index is 2.71. The molecule has 3 heteroatoms. The van der Waals surface area contributed by atoms with Crippen LogP contribution in [0.3, 0.4) is 0 Å². The number of hydrogen-bond donors (Lipinski definition) is 1. The average Bonchev–Trinajstić information content (AvgIpc) is 2.60. The van der Waals surface area contributed by atoms with E-state index in [4.69, 9.17) is 0 Å². The van der Waals surface area contributed by atoms with Gasteiger partial charge < -0.3 is 0 Å². The summed E-state index contributed by atoms with van der Waals surface area (Å²) in [6.45, 7) is 4.05. The number of rotatable bonds is 1. The molecule has 2 aromatic rings. The van der Waals surface area contributed by atoms with Crippen LogP contribution >= 0.6 is 0 Å². The van der Waals surface area contributed by atoms with E-state index in [2.05, 4.69) is 15.2 Å². The molecule has 3 nitrogen and oxygen atoms in total. The summed E-state index contributed by atoms with van der Waals surface area (Å²) in [4.78, 5) is 4.17. The Morgan fingerprint density at radius 2 is 2.38 bits per heavy atom. The number of allylic oxidation sites excluding steroid dienone is 2. The summed E-state index contributed by atoms with van der Waals surface area (Å²) in [5.41, 5.74) is 3.00. The van der Waals surface area contributed by atoms with E-state index in [0.717, 1.165) is 16.7 Å². The lowest BCUT2D eigenvalue weighted by Crippen LogP contribution is -1.79. The highest BCUT2D eigenvalue weighted by Gasteiger charge is 2.05. The van der Waals surface area contributed by atoms with Gasteiger partial charge in [0.25, 0.3) is 0 Å². The normalized spacial score (nSPS) is 12.3. The standard InChI is InChI=1S/C10H11N3/c1-3-7(2)9-8-5-4-6-11-10(8)13-12-9/h3-6H,1-2H3,(H,11,12,13)/b7-3+. The van der Waals surface area contributed by atoms with Crippen LogP contribution in [0.5, 0.6) is 0 Å². The number of fused-ring (bicyclic) bond motifs is 1. The van der Waals surface area contributed by atoms with Gasteiger partial charge in [-0.05, 0) is 31.6 Å². The Labute approximate surface area is 76.5 Å². The van der Waals surface area contributed by atoms with E-state index < -0.39 is 0 Å². The fourth-order valence-corrected chi connectivity index (χ4v) is 1.29. The quantitative estimate of drug-likeness (QED) is 0.719. The van der Waals surface area contributed by atoms with Crippen molar-refractivity contribution in [1.82, 2.24) is 15.2 Å². The van der Waals surface area contributed by atoms with Gasteiger partial charge in [0.2, 0.25) is 0 Å². The SMILES string of the molecule is C/C=C(\C)c1n[nH]c2ncccc12. The van der Waals surface area contributed by atoms with Crippen molar-refractivity contribution >= 4 is 16.6 Å². The summed E-state index contributed by atoms with van der Waals surface area (Å²) < 4.78 is 0. The maximum atomic E-state index is 4.21. The highest BCUT2D eigenvalue weighted by molar-refractivity contribution is 5.87. The molecule has 0 aromatic carbocycles. The lowest BCUT2D eigenvalue weighted by molar-refractivity contribution is 1.08. The summed E-state index contributed by atoms with van der Waals surface area (Å²) in [7, 11) is 0. The first-order valence-corrected chi connectivity index (χ1v) is 4.25. The van der Waals surface area contributed by atoms with E-state index in [1.165, 1.54) is 5.57 Å². The number of hydrogen-bond acceptors (Lipinski definition) is 2. The molecule has 0 spiro atoms. The fraction of sp³-hybridized carbons (Fsp3) is 0.200. The third-order valence-corrected chi connectivity index (χ3v) is 2.14. The minimum absolute atomic E-state index is 0.846. The molecule has 0 bridgehead atoms. The predicted molar refractivity (Wildman–Crippen MR) is 53.2 cm³/mol. The van der Waals surface area contributed by atoms with Crippen molar-refractivity contribution in [2.75, 3.05) is 0 Å².